The van der Waals surface area contributed by atoms with Gasteiger partial charge in [-0.3, -0.25) is 0 Å². The summed E-state index contributed by atoms with van der Waals surface area (Å²) in [7, 11) is 0. The number of hydrogen-bond donors (Lipinski definition) is 0. The van der Waals surface area contributed by atoms with Gasteiger partial charge in [0.05, 0.1) is 0 Å². The average molecular weight is 138 g/mol. The van der Waals surface area contributed by atoms with Crippen molar-refractivity contribution in [3.05, 3.63) is 36.0 Å². The Morgan fingerprint density at radius 2 is 2.40 bits per heavy atom. The molecule has 0 aromatic heterocycles. The summed E-state index contributed by atoms with van der Waals surface area (Å²) in [6, 6.07) is 0. The van der Waals surface area contributed by atoms with E-state index in [1.54, 1.807) is 6.08 Å². The van der Waals surface area contributed by atoms with Gasteiger partial charge < -0.3 is 0 Å². The van der Waals surface area contributed by atoms with Gasteiger partial charge in [-0.2, -0.15) is 0 Å². The summed E-state index contributed by atoms with van der Waals surface area (Å²) >= 11 is 0. The van der Waals surface area contributed by atoms with Crippen LogP contribution in [-0.4, -0.2) is 6.17 Å². The molecule has 1 aliphatic carbocycles. The lowest BCUT2D eigenvalue weighted by Gasteiger charge is -2.09. The van der Waals surface area contributed by atoms with Crippen molar-refractivity contribution in [2.75, 3.05) is 0 Å². The fourth-order valence-corrected chi connectivity index (χ4v) is 0.917. The highest BCUT2D eigenvalue weighted by atomic mass is 19.1. The van der Waals surface area contributed by atoms with Crippen molar-refractivity contribution in [3.63, 3.8) is 0 Å². The maximum Gasteiger partial charge on any atom is 0.143 e. The molecule has 1 atom stereocenters. The summed E-state index contributed by atoms with van der Waals surface area (Å²) in [6.45, 7) is 5.63. The first-order valence-electron chi connectivity index (χ1n) is 3.45. The average Bonchev–Trinajstić information content (AvgIpc) is 1.95. The largest absolute Gasteiger partial charge is 0.238 e. The first-order valence-corrected chi connectivity index (χ1v) is 3.45. The molecule has 0 heterocycles. The van der Waals surface area contributed by atoms with Crippen molar-refractivity contribution in [1.29, 1.82) is 0 Å². The second-order valence-corrected chi connectivity index (χ2v) is 2.41. The van der Waals surface area contributed by atoms with Crippen LogP contribution in [0.25, 0.3) is 0 Å². The fraction of sp³-hybridized carbons (Fsp3) is 0.333. The molecule has 54 valence electrons. The first-order chi connectivity index (χ1) is 4.74. The molecule has 0 fully saturated rings. The molecular weight excluding hydrogens is 127 g/mol. The lowest BCUT2D eigenvalue weighted by Crippen LogP contribution is -2.01. The summed E-state index contributed by atoms with van der Waals surface area (Å²) in [5.41, 5.74) is 1.72. The molecule has 0 nitrogen and oxygen atoms in total. The summed E-state index contributed by atoms with van der Waals surface area (Å²) in [5, 5.41) is 0. The minimum absolute atomic E-state index is 0.569. The van der Waals surface area contributed by atoms with Crippen LogP contribution in [0.4, 0.5) is 4.39 Å². The summed E-state index contributed by atoms with van der Waals surface area (Å²) in [5.74, 6) is 0. The quantitative estimate of drug-likeness (QED) is 0.522. The number of allylic oxidation sites excluding steroid dienone is 5. The normalized spacial score (nSPS) is 24.8. The molecular formula is C9H11F. The van der Waals surface area contributed by atoms with E-state index in [-0.39, 0.29) is 0 Å². The number of rotatable bonds is 1. The minimum atomic E-state index is -0.963. The third-order valence-corrected chi connectivity index (χ3v) is 1.61. The van der Waals surface area contributed by atoms with E-state index in [1.807, 2.05) is 19.1 Å². The molecule has 0 spiro atoms. The molecule has 1 heteroatoms. The summed E-state index contributed by atoms with van der Waals surface area (Å²) in [6.07, 6.45) is 5.16. The standard InChI is InChI=1S/C9H11F/c1-3-8-4-5-9(10)7(2)6-8/h4-6,9H,2-3H2,1H3. The Balaban J connectivity index is 2.76. The van der Waals surface area contributed by atoms with E-state index in [0.29, 0.717) is 5.57 Å². The predicted molar refractivity (Wildman–Crippen MR) is 41.6 cm³/mol. The molecule has 0 radical (unpaired) electrons. The van der Waals surface area contributed by atoms with E-state index in [1.165, 1.54) is 0 Å². The Morgan fingerprint density at radius 3 is 2.90 bits per heavy atom. The highest BCUT2D eigenvalue weighted by molar-refractivity contribution is 5.38. The van der Waals surface area contributed by atoms with E-state index in [4.69, 9.17) is 0 Å². The SMILES string of the molecule is C=C1C=C(CC)C=CC1F. The topological polar surface area (TPSA) is 0 Å². The van der Waals surface area contributed by atoms with Crippen LogP contribution < -0.4 is 0 Å². The van der Waals surface area contributed by atoms with Crippen LogP contribution in [0.1, 0.15) is 13.3 Å². The van der Waals surface area contributed by atoms with E-state index >= 15 is 0 Å². The summed E-state index contributed by atoms with van der Waals surface area (Å²) < 4.78 is 12.7. The predicted octanol–water partition coefficient (Wildman–Crippen LogP) is 2.79. The van der Waals surface area contributed by atoms with Gasteiger partial charge in [-0.05, 0) is 23.6 Å². The van der Waals surface area contributed by atoms with Crippen molar-refractivity contribution < 1.29 is 4.39 Å². The Morgan fingerprint density at radius 1 is 1.70 bits per heavy atom. The van der Waals surface area contributed by atoms with Crippen molar-refractivity contribution in [2.45, 2.75) is 19.5 Å². The Kier molecular flexibility index (Phi) is 2.05. The maximum atomic E-state index is 12.7. The van der Waals surface area contributed by atoms with Gasteiger partial charge in [0.1, 0.15) is 6.17 Å². The third kappa shape index (κ3) is 1.35. The van der Waals surface area contributed by atoms with Gasteiger partial charge in [0.15, 0.2) is 0 Å². The second kappa shape index (κ2) is 2.82. The fourth-order valence-electron chi connectivity index (χ4n) is 0.917. The molecule has 0 aliphatic heterocycles. The molecule has 1 aliphatic rings. The van der Waals surface area contributed by atoms with E-state index in [0.717, 1.165) is 12.0 Å². The van der Waals surface area contributed by atoms with Crippen molar-refractivity contribution in [3.8, 4) is 0 Å². The van der Waals surface area contributed by atoms with Crippen molar-refractivity contribution >= 4 is 0 Å². The molecule has 0 bridgehead atoms. The molecule has 0 amide bonds. The van der Waals surface area contributed by atoms with Gasteiger partial charge in [0, 0.05) is 0 Å². The zero-order valence-corrected chi connectivity index (χ0v) is 6.10. The number of hydrogen-bond acceptors (Lipinski definition) is 0. The van der Waals surface area contributed by atoms with Crippen molar-refractivity contribution in [2.24, 2.45) is 0 Å². The number of alkyl halides is 1. The lowest BCUT2D eigenvalue weighted by atomic mass is 10.0. The van der Waals surface area contributed by atoms with E-state index in [2.05, 4.69) is 6.58 Å². The molecule has 0 saturated heterocycles. The van der Waals surface area contributed by atoms with Gasteiger partial charge in [0.2, 0.25) is 0 Å². The maximum absolute atomic E-state index is 12.7. The van der Waals surface area contributed by atoms with Crippen LogP contribution in [0.5, 0.6) is 0 Å². The molecule has 1 rings (SSSR count). The molecule has 10 heavy (non-hydrogen) atoms. The second-order valence-electron chi connectivity index (χ2n) is 2.41. The van der Waals surface area contributed by atoms with Gasteiger partial charge >= 0.3 is 0 Å². The Hall–Kier alpha value is -0.850. The van der Waals surface area contributed by atoms with E-state index < -0.39 is 6.17 Å². The van der Waals surface area contributed by atoms with Gasteiger partial charge in [-0.15, -0.1) is 0 Å². The molecule has 0 N–H and O–H groups in total. The number of halogens is 1. The van der Waals surface area contributed by atoms with Crippen LogP contribution in [0.15, 0.2) is 36.0 Å². The third-order valence-electron chi connectivity index (χ3n) is 1.61. The Bertz CT molecular complexity index is 199. The zero-order chi connectivity index (χ0) is 7.56. The molecule has 0 aromatic carbocycles. The highest BCUT2D eigenvalue weighted by Crippen LogP contribution is 2.18. The zero-order valence-electron chi connectivity index (χ0n) is 6.10. The summed E-state index contributed by atoms with van der Waals surface area (Å²) in [4.78, 5) is 0. The molecule has 0 aromatic rings. The van der Waals surface area contributed by atoms with Crippen LogP contribution in [-0.2, 0) is 0 Å². The van der Waals surface area contributed by atoms with Crippen molar-refractivity contribution in [1.82, 2.24) is 0 Å². The van der Waals surface area contributed by atoms with E-state index in [9.17, 15) is 4.39 Å². The van der Waals surface area contributed by atoms with Crippen LogP contribution >= 0.6 is 0 Å². The smallest absolute Gasteiger partial charge is 0.143 e. The minimum Gasteiger partial charge on any atom is -0.238 e. The van der Waals surface area contributed by atoms with Gasteiger partial charge in [0.25, 0.3) is 0 Å². The Labute approximate surface area is 60.7 Å². The molecule has 0 saturated carbocycles. The lowest BCUT2D eigenvalue weighted by molar-refractivity contribution is 0.454. The van der Waals surface area contributed by atoms with Crippen LogP contribution in [0.3, 0.4) is 0 Å². The highest BCUT2D eigenvalue weighted by Gasteiger charge is 2.08. The van der Waals surface area contributed by atoms with Gasteiger partial charge in [-0.1, -0.05) is 25.7 Å². The molecule has 1 unspecified atom stereocenters. The monoisotopic (exact) mass is 138 g/mol. The van der Waals surface area contributed by atoms with Gasteiger partial charge in [-0.25, -0.2) is 4.39 Å². The van der Waals surface area contributed by atoms with Crippen LogP contribution in [0, 0.1) is 0 Å². The first kappa shape index (κ1) is 7.26. The van der Waals surface area contributed by atoms with Crippen LogP contribution in [0.2, 0.25) is 0 Å².